The molecule has 140 valence electrons. The van der Waals surface area contributed by atoms with Crippen LogP contribution in [0.15, 0.2) is 84.0 Å². The number of rotatable bonds is 3. The minimum Gasteiger partial charge on any atom is -0.305 e. The molecular formula is C24H23N3O. The highest BCUT2D eigenvalue weighted by Gasteiger charge is 2.32. The lowest BCUT2D eigenvalue weighted by Gasteiger charge is -2.36. The van der Waals surface area contributed by atoms with E-state index in [9.17, 15) is 4.79 Å². The summed E-state index contributed by atoms with van der Waals surface area (Å²) in [6.07, 6.45) is 0.689. The van der Waals surface area contributed by atoms with Crippen LogP contribution in [0.4, 0.5) is 11.4 Å². The molecule has 4 heteroatoms. The Balaban J connectivity index is 1.73. The molecule has 0 spiro atoms. The molecule has 0 saturated heterocycles. The second-order valence-electron chi connectivity index (χ2n) is 7.15. The van der Waals surface area contributed by atoms with Crippen molar-refractivity contribution in [2.45, 2.75) is 26.3 Å². The van der Waals surface area contributed by atoms with E-state index in [4.69, 9.17) is 0 Å². The topological polar surface area (TPSA) is 44.7 Å². The number of hydrogen-bond donors (Lipinski definition) is 1. The zero-order chi connectivity index (χ0) is 19.5. The SMILES string of the molecule is Cc1ccc2c(c1)/C(=N/Nc1ccccc1)CC(C)N2C(=O)c1ccccc1. The first-order valence-electron chi connectivity index (χ1n) is 9.51. The van der Waals surface area contributed by atoms with Crippen LogP contribution < -0.4 is 10.3 Å². The first kappa shape index (κ1) is 18.0. The Morgan fingerprint density at radius 1 is 1.00 bits per heavy atom. The number of para-hydroxylation sites is 1. The summed E-state index contributed by atoms with van der Waals surface area (Å²) in [5.74, 6) is 0.0215. The van der Waals surface area contributed by atoms with Gasteiger partial charge in [0.05, 0.1) is 17.1 Å². The number of fused-ring (bicyclic) bond motifs is 1. The fourth-order valence-corrected chi connectivity index (χ4v) is 3.59. The Morgan fingerprint density at radius 3 is 2.39 bits per heavy atom. The van der Waals surface area contributed by atoms with Crippen molar-refractivity contribution in [3.63, 3.8) is 0 Å². The van der Waals surface area contributed by atoms with Crippen LogP contribution in [0, 0.1) is 6.92 Å². The quantitative estimate of drug-likeness (QED) is 0.641. The average molecular weight is 369 g/mol. The Hall–Kier alpha value is -3.40. The molecule has 0 radical (unpaired) electrons. The molecule has 1 heterocycles. The van der Waals surface area contributed by atoms with Gasteiger partial charge in [-0.05, 0) is 50.2 Å². The van der Waals surface area contributed by atoms with Gasteiger partial charge >= 0.3 is 0 Å². The van der Waals surface area contributed by atoms with Gasteiger partial charge in [0.15, 0.2) is 0 Å². The number of amides is 1. The van der Waals surface area contributed by atoms with Crippen molar-refractivity contribution in [2.24, 2.45) is 5.10 Å². The first-order chi connectivity index (χ1) is 13.6. The molecule has 0 bridgehead atoms. The highest BCUT2D eigenvalue weighted by molar-refractivity contribution is 6.15. The monoisotopic (exact) mass is 369 g/mol. The molecule has 1 atom stereocenters. The van der Waals surface area contributed by atoms with Crippen LogP contribution in [0.5, 0.6) is 0 Å². The Bertz CT molecular complexity index is 1010. The minimum atomic E-state index is 0.0132. The van der Waals surface area contributed by atoms with Gasteiger partial charge in [-0.2, -0.15) is 5.10 Å². The van der Waals surface area contributed by atoms with Gasteiger partial charge in [0.2, 0.25) is 0 Å². The maximum atomic E-state index is 13.2. The zero-order valence-corrected chi connectivity index (χ0v) is 16.1. The lowest BCUT2D eigenvalue weighted by molar-refractivity contribution is 0.0978. The number of nitrogens with zero attached hydrogens (tertiary/aromatic N) is 2. The Morgan fingerprint density at radius 2 is 1.68 bits per heavy atom. The van der Waals surface area contributed by atoms with Gasteiger partial charge in [-0.1, -0.05) is 48.0 Å². The number of carbonyl (C=O) groups is 1. The van der Waals surface area contributed by atoms with E-state index in [-0.39, 0.29) is 11.9 Å². The van der Waals surface area contributed by atoms with E-state index in [1.165, 1.54) is 0 Å². The van der Waals surface area contributed by atoms with Crippen LogP contribution in [0.2, 0.25) is 0 Å². The normalized spacial score (nSPS) is 17.3. The van der Waals surface area contributed by atoms with Crippen molar-refractivity contribution in [3.05, 3.63) is 95.6 Å². The minimum absolute atomic E-state index is 0.0132. The standard InChI is InChI=1S/C24H23N3O/c1-17-13-14-23-21(15-17)22(26-25-20-11-7-4-8-12-20)16-18(2)27(23)24(28)19-9-5-3-6-10-19/h3-15,18,25H,16H2,1-2H3/b26-22+. The predicted molar refractivity (Wildman–Crippen MR) is 115 cm³/mol. The molecule has 1 amide bonds. The predicted octanol–water partition coefficient (Wildman–Crippen LogP) is 5.25. The number of hydrazone groups is 1. The Labute approximate surface area is 165 Å². The summed E-state index contributed by atoms with van der Waals surface area (Å²) < 4.78 is 0. The van der Waals surface area contributed by atoms with Crippen LogP contribution in [0.25, 0.3) is 0 Å². The van der Waals surface area contributed by atoms with Crippen LogP contribution >= 0.6 is 0 Å². The average Bonchev–Trinajstić information content (AvgIpc) is 2.73. The number of anilines is 2. The van der Waals surface area contributed by atoms with Crippen molar-refractivity contribution >= 4 is 23.0 Å². The fraction of sp³-hybridized carbons (Fsp3) is 0.167. The molecule has 1 N–H and O–H groups in total. The van der Waals surface area contributed by atoms with Crippen LogP contribution in [0.3, 0.4) is 0 Å². The highest BCUT2D eigenvalue weighted by atomic mass is 16.2. The summed E-state index contributed by atoms with van der Waals surface area (Å²) in [7, 11) is 0. The summed E-state index contributed by atoms with van der Waals surface area (Å²) in [5, 5.41) is 4.68. The molecule has 0 aromatic heterocycles. The van der Waals surface area contributed by atoms with E-state index in [1.54, 1.807) is 0 Å². The third kappa shape index (κ3) is 3.54. The van der Waals surface area contributed by atoms with Gasteiger partial charge in [0, 0.05) is 23.6 Å². The smallest absolute Gasteiger partial charge is 0.258 e. The molecule has 1 unspecified atom stereocenters. The number of hydrogen-bond acceptors (Lipinski definition) is 3. The molecule has 3 aromatic carbocycles. The van der Waals surface area contributed by atoms with E-state index in [2.05, 4.69) is 30.4 Å². The zero-order valence-electron chi connectivity index (χ0n) is 16.1. The lowest BCUT2D eigenvalue weighted by Crippen LogP contribution is -2.44. The number of nitrogens with one attached hydrogen (secondary N) is 1. The molecule has 0 fully saturated rings. The van der Waals surface area contributed by atoms with E-state index >= 15 is 0 Å². The molecule has 0 saturated carbocycles. The van der Waals surface area contributed by atoms with Crippen LogP contribution in [-0.2, 0) is 0 Å². The van der Waals surface area contributed by atoms with Gasteiger partial charge in [0.1, 0.15) is 0 Å². The summed E-state index contributed by atoms with van der Waals surface area (Å²) in [4.78, 5) is 15.1. The molecule has 0 aliphatic carbocycles. The van der Waals surface area contributed by atoms with E-state index in [0.717, 1.165) is 28.2 Å². The van der Waals surface area contributed by atoms with Crippen LogP contribution in [-0.4, -0.2) is 17.7 Å². The number of carbonyl (C=O) groups excluding carboxylic acids is 1. The summed E-state index contributed by atoms with van der Waals surface area (Å²) in [6.45, 7) is 4.13. The van der Waals surface area contributed by atoms with Gasteiger partial charge in [-0.25, -0.2) is 0 Å². The molecule has 1 aliphatic heterocycles. The largest absolute Gasteiger partial charge is 0.305 e. The van der Waals surface area contributed by atoms with Gasteiger partial charge in [-0.3, -0.25) is 10.2 Å². The van der Waals surface area contributed by atoms with E-state index in [1.807, 2.05) is 77.7 Å². The summed E-state index contributed by atoms with van der Waals surface area (Å²) in [6, 6.07) is 25.5. The number of benzene rings is 3. The maximum absolute atomic E-state index is 13.2. The van der Waals surface area contributed by atoms with Crippen molar-refractivity contribution in [3.8, 4) is 0 Å². The van der Waals surface area contributed by atoms with Crippen molar-refractivity contribution in [1.82, 2.24) is 0 Å². The van der Waals surface area contributed by atoms with Crippen molar-refractivity contribution in [2.75, 3.05) is 10.3 Å². The molecule has 4 rings (SSSR count). The van der Waals surface area contributed by atoms with Gasteiger partial charge in [0.25, 0.3) is 5.91 Å². The van der Waals surface area contributed by atoms with Crippen molar-refractivity contribution in [1.29, 1.82) is 0 Å². The number of aryl methyl sites for hydroxylation is 1. The fourth-order valence-electron chi connectivity index (χ4n) is 3.59. The second kappa shape index (κ2) is 7.69. The third-order valence-corrected chi connectivity index (χ3v) is 4.99. The molecule has 28 heavy (non-hydrogen) atoms. The first-order valence-corrected chi connectivity index (χ1v) is 9.51. The highest BCUT2D eigenvalue weighted by Crippen LogP contribution is 2.33. The van der Waals surface area contributed by atoms with E-state index in [0.29, 0.717) is 12.0 Å². The third-order valence-electron chi connectivity index (χ3n) is 4.99. The molecule has 3 aromatic rings. The molecular weight excluding hydrogens is 346 g/mol. The van der Waals surface area contributed by atoms with E-state index < -0.39 is 0 Å². The molecule has 4 nitrogen and oxygen atoms in total. The summed E-state index contributed by atoms with van der Waals surface area (Å²) in [5.41, 5.74) is 8.82. The van der Waals surface area contributed by atoms with Gasteiger partial charge < -0.3 is 4.90 Å². The summed E-state index contributed by atoms with van der Waals surface area (Å²) >= 11 is 0. The maximum Gasteiger partial charge on any atom is 0.258 e. The Kier molecular flexibility index (Phi) is 4.94. The van der Waals surface area contributed by atoms with Gasteiger partial charge in [-0.15, -0.1) is 0 Å². The molecule has 1 aliphatic rings. The van der Waals surface area contributed by atoms with Crippen LogP contribution in [0.1, 0.15) is 34.8 Å². The van der Waals surface area contributed by atoms with Crippen molar-refractivity contribution < 1.29 is 4.79 Å². The second-order valence-corrected chi connectivity index (χ2v) is 7.15. The lowest BCUT2D eigenvalue weighted by atomic mass is 9.92.